The van der Waals surface area contributed by atoms with E-state index in [9.17, 15) is 9.90 Å². The highest BCUT2D eigenvalue weighted by Crippen LogP contribution is 2.23. The number of hydrogen-bond acceptors (Lipinski definition) is 5. The highest BCUT2D eigenvalue weighted by atomic mass is 16.5. The molecule has 25 heavy (non-hydrogen) atoms. The van der Waals surface area contributed by atoms with Crippen LogP contribution in [0.5, 0.6) is 0 Å². The molecule has 0 unspecified atom stereocenters. The maximum Gasteiger partial charge on any atom is 0.274 e. The second-order valence-electron chi connectivity index (χ2n) is 6.70. The van der Waals surface area contributed by atoms with Crippen molar-refractivity contribution >= 4 is 11.6 Å². The summed E-state index contributed by atoms with van der Waals surface area (Å²) in [4.78, 5) is 18.9. The fourth-order valence-corrected chi connectivity index (χ4v) is 3.40. The van der Waals surface area contributed by atoms with Gasteiger partial charge in [0.05, 0.1) is 11.8 Å². The SMILES string of the molecule is Cc1cc(C[C@@H]2CN(C(=O)c3cn4c(C)cccc4n3)C[C@@H]2O)on1. The minimum atomic E-state index is -0.576. The number of rotatable bonds is 3. The molecule has 3 aromatic heterocycles. The lowest BCUT2D eigenvalue weighted by atomic mass is 10.0. The zero-order valence-electron chi connectivity index (χ0n) is 14.2. The Morgan fingerprint density at radius 2 is 2.20 bits per heavy atom. The highest BCUT2D eigenvalue weighted by Gasteiger charge is 2.35. The maximum absolute atomic E-state index is 12.8. The van der Waals surface area contributed by atoms with E-state index in [4.69, 9.17) is 4.52 Å². The van der Waals surface area contributed by atoms with Crippen LogP contribution in [0.2, 0.25) is 0 Å². The summed E-state index contributed by atoms with van der Waals surface area (Å²) in [7, 11) is 0. The molecule has 1 saturated heterocycles. The topological polar surface area (TPSA) is 83.9 Å². The molecular weight excluding hydrogens is 320 g/mol. The second kappa shape index (κ2) is 6.00. The van der Waals surface area contributed by atoms with Gasteiger partial charge in [-0.15, -0.1) is 0 Å². The van der Waals surface area contributed by atoms with E-state index in [0.717, 1.165) is 22.8 Å². The van der Waals surface area contributed by atoms with E-state index in [-0.39, 0.29) is 11.8 Å². The number of β-amino-alcohol motifs (C(OH)–C–C–N with tert-alkyl or cyclic N) is 1. The van der Waals surface area contributed by atoms with Crippen LogP contribution < -0.4 is 0 Å². The lowest BCUT2D eigenvalue weighted by molar-refractivity contribution is 0.0759. The Bertz CT molecular complexity index is 929. The first-order valence-corrected chi connectivity index (χ1v) is 8.35. The molecule has 0 aliphatic carbocycles. The lowest BCUT2D eigenvalue weighted by Gasteiger charge is -2.14. The molecule has 1 aliphatic heterocycles. The third-order valence-corrected chi connectivity index (χ3v) is 4.75. The van der Waals surface area contributed by atoms with Crippen LogP contribution in [-0.4, -0.2) is 49.6 Å². The van der Waals surface area contributed by atoms with Gasteiger partial charge in [-0.2, -0.15) is 0 Å². The Labute approximate surface area is 144 Å². The number of aliphatic hydroxyl groups excluding tert-OH is 1. The molecular formula is C18H20N4O3. The monoisotopic (exact) mass is 340 g/mol. The second-order valence-corrected chi connectivity index (χ2v) is 6.70. The van der Waals surface area contributed by atoms with Gasteiger partial charge in [-0.1, -0.05) is 11.2 Å². The quantitative estimate of drug-likeness (QED) is 0.783. The number of aliphatic hydroxyl groups is 1. The third-order valence-electron chi connectivity index (χ3n) is 4.75. The molecule has 7 heteroatoms. The number of aromatic nitrogens is 3. The van der Waals surface area contributed by atoms with Gasteiger partial charge in [-0.05, 0) is 26.0 Å². The van der Waals surface area contributed by atoms with Crippen molar-refractivity contribution < 1.29 is 14.4 Å². The van der Waals surface area contributed by atoms with Crippen molar-refractivity contribution in [3.05, 3.63) is 53.3 Å². The molecule has 1 amide bonds. The fourth-order valence-electron chi connectivity index (χ4n) is 3.40. The summed E-state index contributed by atoms with van der Waals surface area (Å²) in [6.07, 6.45) is 1.75. The normalized spacial score (nSPS) is 20.5. The van der Waals surface area contributed by atoms with Crippen molar-refractivity contribution in [2.24, 2.45) is 5.92 Å². The highest BCUT2D eigenvalue weighted by molar-refractivity contribution is 5.93. The largest absolute Gasteiger partial charge is 0.391 e. The van der Waals surface area contributed by atoms with Gasteiger partial charge in [0.2, 0.25) is 0 Å². The van der Waals surface area contributed by atoms with E-state index >= 15 is 0 Å². The predicted octanol–water partition coefficient (Wildman–Crippen LogP) is 1.61. The molecule has 130 valence electrons. The van der Waals surface area contributed by atoms with Gasteiger partial charge < -0.3 is 18.9 Å². The summed E-state index contributed by atoms with van der Waals surface area (Å²) in [5.74, 6) is 0.521. The van der Waals surface area contributed by atoms with Crippen molar-refractivity contribution in [3.8, 4) is 0 Å². The average Bonchev–Trinajstić information content (AvgIpc) is 3.27. The van der Waals surface area contributed by atoms with E-state index in [0.29, 0.717) is 25.2 Å². The molecule has 0 aromatic carbocycles. The summed E-state index contributed by atoms with van der Waals surface area (Å²) in [6.45, 7) is 4.62. The number of likely N-dealkylation sites (tertiary alicyclic amines) is 1. The van der Waals surface area contributed by atoms with Gasteiger partial charge in [0.15, 0.2) is 0 Å². The van der Waals surface area contributed by atoms with E-state index in [2.05, 4.69) is 10.1 Å². The van der Waals surface area contributed by atoms with Crippen LogP contribution in [0.1, 0.15) is 27.6 Å². The molecule has 0 spiro atoms. The molecule has 1 aliphatic rings. The van der Waals surface area contributed by atoms with Crippen LogP contribution >= 0.6 is 0 Å². The Morgan fingerprint density at radius 1 is 1.36 bits per heavy atom. The lowest BCUT2D eigenvalue weighted by Crippen LogP contribution is -2.29. The standard InChI is InChI=1S/C18H20N4O3/c1-11-6-14(25-20-11)7-13-8-21(10-16(13)23)18(24)15-9-22-12(2)4-3-5-17(22)19-15/h3-6,9,13,16,23H,7-8,10H2,1-2H3/t13-,16+/m1/s1. The number of pyridine rings is 1. The fraction of sp³-hybridized carbons (Fsp3) is 0.389. The van der Waals surface area contributed by atoms with E-state index in [1.54, 1.807) is 11.1 Å². The number of imidazole rings is 1. The van der Waals surface area contributed by atoms with Crippen molar-refractivity contribution in [1.82, 2.24) is 19.4 Å². The Morgan fingerprint density at radius 3 is 2.92 bits per heavy atom. The number of fused-ring (bicyclic) bond motifs is 1. The minimum absolute atomic E-state index is 0.0601. The van der Waals surface area contributed by atoms with Gasteiger partial charge in [0.1, 0.15) is 17.1 Å². The van der Waals surface area contributed by atoms with Gasteiger partial charge >= 0.3 is 0 Å². The van der Waals surface area contributed by atoms with E-state index < -0.39 is 6.10 Å². The maximum atomic E-state index is 12.8. The van der Waals surface area contributed by atoms with Crippen LogP contribution in [0.4, 0.5) is 0 Å². The Kier molecular flexibility index (Phi) is 3.80. The van der Waals surface area contributed by atoms with E-state index in [1.807, 2.05) is 42.5 Å². The van der Waals surface area contributed by atoms with Crippen LogP contribution in [0.3, 0.4) is 0 Å². The Hall–Kier alpha value is -2.67. The molecule has 2 atom stereocenters. The zero-order valence-corrected chi connectivity index (χ0v) is 14.2. The van der Waals surface area contributed by atoms with Gasteiger partial charge in [0.25, 0.3) is 5.91 Å². The average molecular weight is 340 g/mol. The summed E-state index contributed by atoms with van der Waals surface area (Å²) in [5.41, 5.74) is 2.98. The molecule has 0 bridgehead atoms. The molecule has 1 N–H and O–H groups in total. The van der Waals surface area contributed by atoms with E-state index in [1.165, 1.54) is 0 Å². The number of carbonyl (C=O) groups is 1. The smallest absolute Gasteiger partial charge is 0.274 e. The van der Waals surface area contributed by atoms with Crippen LogP contribution in [0, 0.1) is 19.8 Å². The first-order chi connectivity index (χ1) is 12.0. The number of aryl methyl sites for hydroxylation is 2. The molecule has 3 aromatic rings. The van der Waals surface area contributed by atoms with Crippen molar-refractivity contribution in [3.63, 3.8) is 0 Å². The minimum Gasteiger partial charge on any atom is -0.391 e. The molecule has 0 saturated carbocycles. The van der Waals surface area contributed by atoms with Crippen LogP contribution in [0.15, 0.2) is 35.0 Å². The number of nitrogens with zero attached hydrogens (tertiary/aromatic N) is 4. The van der Waals surface area contributed by atoms with Crippen molar-refractivity contribution in [2.45, 2.75) is 26.4 Å². The number of amides is 1. The predicted molar refractivity (Wildman–Crippen MR) is 90.3 cm³/mol. The molecule has 0 radical (unpaired) electrons. The molecule has 7 nitrogen and oxygen atoms in total. The van der Waals surface area contributed by atoms with Crippen molar-refractivity contribution in [1.29, 1.82) is 0 Å². The molecule has 4 rings (SSSR count). The van der Waals surface area contributed by atoms with Crippen molar-refractivity contribution in [2.75, 3.05) is 13.1 Å². The number of hydrogen-bond donors (Lipinski definition) is 1. The first-order valence-electron chi connectivity index (χ1n) is 8.35. The Balaban J connectivity index is 1.51. The van der Waals surface area contributed by atoms with Crippen LogP contribution in [0.25, 0.3) is 5.65 Å². The summed E-state index contributed by atoms with van der Waals surface area (Å²) >= 11 is 0. The third kappa shape index (κ3) is 2.91. The summed E-state index contributed by atoms with van der Waals surface area (Å²) in [5, 5.41) is 14.2. The van der Waals surface area contributed by atoms with Gasteiger partial charge in [-0.25, -0.2) is 4.98 Å². The van der Waals surface area contributed by atoms with Gasteiger partial charge in [-0.3, -0.25) is 4.79 Å². The summed E-state index contributed by atoms with van der Waals surface area (Å²) < 4.78 is 7.13. The molecule has 1 fully saturated rings. The zero-order chi connectivity index (χ0) is 17.6. The first kappa shape index (κ1) is 15.8. The van der Waals surface area contributed by atoms with Crippen LogP contribution in [-0.2, 0) is 6.42 Å². The summed E-state index contributed by atoms with van der Waals surface area (Å²) in [6, 6.07) is 7.62. The van der Waals surface area contributed by atoms with Gasteiger partial charge in [0, 0.05) is 43.4 Å². The number of carbonyl (C=O) groups excluding carboxylic acids is 1. The molecule has 4 heterocycles.